The van der Waals surface area contributed by atoms with E-state index in [4.69, 9.17) is 5.73 Å². The van der Waals surface area contributed by atoms with E-state index in [1.54, 1.807) is 4.90 Å². The van der Waals surface area contributed by atoms with Crippen molar-refractivity contribution in [2.45, 2.75) is 57.8 Å². The molecule has 0 saturated heterocycles. The molecule has 0 radical (unpaired) electrons. The minimum absolute atomic E-state index is 0.0507. The van der Waals surface area contributed by atoms with Gasteiger partial charge in [0.1, 0.15) is 5.82 Å². The third kappa shape index (κ3) is 5.20. The molecule has 178 valence electrons. The van der Waals surface area contributed by atoms with Crippen LogP contribution in [0.4, 0.5) is 17.6 Å². The van der Waals surface area contributed by atoms with Crippen LogP contribution >= 0.6 is 0 Å². The number of benzene rings is 1. The van der Waals surface area contributed by atoms with Crippen molar-refractivity contribution < 1.29 is 27.2 Å². The standard InChI is InChI=1S/C23H26F4N4O2/c24-17-7-3-15(4-8-17)12-31-19-13-30(10-9-18(19)21(29-31)23(25,26)27)20(32)11-14-1-5-16(6-2-14)22(28)33/h3-4,7-8,14,16H,1-2,5-6,9-13H2,(H2,28,33)/t14-,16-. The lowest BCUT2D eigenvalue weighted by atomic mass is 9.80. The fourth-order valence-electron chi connectivity index (χ4n) is 4.84. The average Bonchev–Trinajstić information content (AvgIpc) is 3.14. The van der Waals surface area contributed by atoms with E-state index in [1.807, 2.05) is 0 Å². The Balaban J connectivity index is 1.49. The average molecular weight is 466 g/mol. The van der Waals surface area contributed by atoms with Crippen molar-refractivity contribution in [2.24, 2.45) is 17.6 Å². The van der Waals surface area contributed by atoms with Crippen molar-refractivity contribution in [1.29, 1.82) is 0 Å². The lowest BCUT2D eigenvalue weighted by Gasteiger charge is -2.31. The monoisotopic (exact) mass is 466 g/mol. The maximum Gasteiger partial charge on any atom is 0.435 e. The lowest BCUT2D eigenvalue weighted by Crippen LogP contribution is -2.38. The summed E-state index contributed by atoms with van der Waals surface area (Å²) < 4.78 is 55.3. The molecule has 0 spiro atoms. The van der Waals surface area contributed by atoms with Gasteiger partial charge in [0.15, 0.2) is 5.69 Å². The van der Waals surface area contributed by atoms with Crippen molar-refractivity contribution in [3.8, 4) is 0 Å². The summed E-state index contributed by atoms with van der Waals surface area (Å²) in [5, 5.41) is 3.83. The van der Waals surface area contributed by atoms with E-state index in [-0.39, 0.29) is 55.3 Å². The summed E-state index contributed by atoms with van der Waals surface area (Å²) in [5.41, 5.74) is 5.55. The number of nitrogens with zero attached hydrogens (tertiary/aromatic N) is 3. The molecule has 1 aliphatic carbocycles. The van der Waals surface area contributed by atoms with Gasteiger partial charge in [-0.15, -0.1) is 0 Å². The summed E-state index contributed by atoms with van der Waals surface area (Å²) in [5.74, 6) is -0.844. The van der Waals surface area contributed by atoms with Crippen molar-refractivity contribution in [3.63, 3.8) is 0 Å². The van der Waals surface area contributed by atoms with Crippen molar-refractivity contribution in [2.75, 3.05) is 6.54 Å². The molecule has 2 aromatic rings. The Morgan fingerprint density at radius 3 is 2.36 bits per heavy atom. The van der Waals surface area contributed by atoms with Crippen LogP contribution in [0, 0.1) is 17.7 Å². The van der Waals surface area contributed by atoms with Gasteiger partial charge in [-0.05, 0) is 55.7 Å². The van der Waals surface area contributed by atoms with Crippen LogP contribution in [0.1, 0.15) is 54.6 Å². The lowest BCUT2D eigenvalue weighted by molar-refractivity contribution is -0.142. The van der Waals surface area contributed by atoms with Crippen molar-refractivity contribution in [3.05, 3.63) is 52.6 Å². The van der Waals surface area contributed by atoms with Gasteiger partial charge >= 0.3 is 6.18 Å². The van der Waals surface area contributed by atoms with E-state index in [1.165, 1.54) is 28.9 Å². The number of amides is 2. The van der Waals surface area contributed by atoms with Gasteiger partial charge in [0.2, 0.25) is 11.8 Å². The van der Waals surface area contributed by atoms with Gasteiger partial charge in [0, 0.05) is 24.4 Å². The zero-order valence-electron chi connectivity index (χ0n) is 18.1. The SMILES string of the molecule is NC(=O)[C@H]1CC[C@H](CC(=O)N2CCc3c(C(F)(F)F)nn(Cc4ccc(F)cc4)c3C2)CC1. The summed E-state index contributed by atoms with van der Waals surface area (Å²) in [6.07, 6.45) is -1.41. The van der Waals surface area contributed by atoms with Crippen LogP contribution in [0.25, 0.3) is 0 Å². The molecule has 1 aliphatic heterocycles. The molecule has 1 aromatic heterocycles. The summed E-state index contributed by atoms with van der Waals surface area (Å²) >= 11 is 0. The second-order valence-corrected chi connectivity index (χ2v) is 8.95. The number of alkyl halides is 3. The number of carbonyl (C=O) groups is 2. The van der Waals surface area contributed by atoms with Crippen LogP contribution in [0.5, 0.6) is 0 Å². The van der Waals surface area contributed by atoms with E-state index in [0.29, 0.717) is 30.5 Å². The number of fused-ring (bicyclic) bond motifs is 1. The maximum atomic E-state index is 13.6. The Morgan fingerprint density at radius 1 is 1.09 bits per heavy atom. The Hall–Kier alpha value is -2.91. The number of primary amides is 1. The molecule has 10 heteroatoms. The zero-order chi connectivity index (χ0) is 23.8. The highest BCUT2D eigenvalue weighted by Gasteiger charge is 2.41. The molecule has 1 saturated carbocycles. The van der Waals surface area contributed by atoms with Gasteiger partial charge in [-0.25, -0.2) is 4.39 Å². The van der Waals surface area contributed by atoms with E-state index < -0.39 is 17.7 Å². The molecule has 2 N–H and O–H groups in total. The molecule has 0 bridgehead atoms. The smallest absolute Gasteiger partial charge is 0.369 e. The molecule has 2 aliphatic rings. The highest BCUT2D eigenvalue weighted by molar-refractivity contribution is 5.78. The summed E-state index contributed by atoms with van der Waals surface area (Å²) in [4.78, 5) is 25.9. The van der Waals surface area contributed by atoms with Crippen LogP contribution in [0.2, 0.25) is 0 Å². The van der Waals surface area contributed by atoms with Gasteiger partial charge in [-0.3, -0.25) is 14.3 Å². The fourth-order valence-corrected chi connectivity index (χ4v) is 4.84. The zero-order valence-corrected chi connectivity index (χ0v) is 18.1. The van der Waals surface area contributed by atoms with Gasteiger partial charge < -0.3 is 10.6 Å². The fraction of sp³-hybridized carbons (Fsp3) is 0.522. The first-order valence-electron chi connectivity index (χ1n) is 11.1. The van der Waals surface area contributed by atoms with E-state index in [0.717, 1.165) is 12.8 Å². The Morgan fingerprint density at radius 2 is 1.76 bits per heavy atom. The maximum absolute atomic E-state index is 13.6. The molecule has 1 fully saturated rings. The second-order valence-electron chi connectivity index (χ2n) is 8.95. The van der Waals surface area contributed by atoms with Crippen LogP contribution in [0.15, 0.2) is 24.3 Å². The molecule has 0 atom stereocenters. The molecule has 33 heavy (non-hydrogen) atoms. The van der Waals surface area contributed by atoms with E-state index >= 15 is 0 Å². The topological polar surface area (TPSA) is 81.2 Å². The Kier molecular flexibility index (Phi) is 6.45. The number of rotatable bonds is 5. The number of nitrogens with two attached hydrogens (primary N) is 1. The van der Waals surface area contributed by atoms with Crippen LogP contribution < -0.4 is 5.73 Å². The van der Waals surface area contributed by atoms with Crippen LogP contribution in [-0.2, 0) is 35.3 Å². The first kappa shape index (κ1) is 23.3. The first-order valence-corrected chi connectivity index (χ1v) is 11.1. The number of aromatic nitrogens is 2. The Bertz CT molecular complexity index is 1020. The molecule has 1 aromatic carbocycles. The molecule has 2 amide bonds. The predicted octanol–water partition coefficient (Wildman–Crippen LogP) is 3.66. The molecule has 6 nitrogen and oxygen atoms in total. The number of carbonyl (C=O) groups excluding carboxylic acids is 2. The first-order chi connectivity index (χ1) is 15.6. The van der Waals surface area contributed by atoms with Crippen LogP contribution in [0.3, 0.4) is 0 Å². The minimum Gasteiger partial charge on any atom is -0.369 e. The highest BCUT2D eigenvalue weighted by atomic mass is 19.4. The van der Waals surface area contributed by atoms with Crippen LogP contribution in [-0.4, -0.2) is 33.0 Å². The van der Waals surface area contributed by atoms with Gasteiger partial charge in [0.05, 0.1) is 18.8 Å². The number of halogens is 4. The Labute approximate surface area is 188 Å². The van der Waals surface area contributed by atoms with Gasteiger partial charge in [-0.1, -0.05) is 12.1 Å². The summed E-state index contributed by atoms with van der Waals surface area (Å²) in [6, 6.07) is 5.51. The third-order valence-corrected chi connectivity index (χ3v) is 6.72. The minimum atomic E-state index is -4.59. The van der Waals surface area contributed by atoms with Crippen molar-refractivity contribution in [1.82, 2.24) is 14.7 Å². The highest BCUT2D eigenvalue weighted by Crippen LogP contribution is 2.36. The molecule has 2 heterocycles. The largest absolute Gasteiger partial charge is 0.435 e. The van der Waals surface area contributed by atoms with E-state index in [9.17, 15) is 27.2 Å². The van der Waals surface area contributed by atoms with E-state index in [2.05, 4.69) is 5.10 Å². The predicted molar refractivity (Wildman–Crippen MR) is 111 cm³/mol. The molecular formula is C23H26F4N4O2. The summed E-state index contributed by atoms with van der Waals surface area (Å²) in [6.45, 7) is 0.306. The van der Waals surface area contributed by atoms with Crippen molar-refractivity contribution >= 4 is 11.8 Å². The third-order valence-electron chi connectivity index (χ3n) is 6.72. The quantitative estimate of drug-likeness (QED) is 0.683. The molecule has 4 rings (SSSR count). The number of hydrogen-bond donors (Lipinski definition) is 1. The normalized spacial score (nSPS) is 21.0. The summed E-state index contributed by atoms with van der Waals surface area (Å²) in [7, 11) is 0. The van der Waals surface area contributed by atoms with Gasteiger partial charge in [-0.2, -0.15) is 18.3 Å². The number of hydrogen-bond acceptors (Lipinski definition) is 3. The van der Waals surface area contributed by atoms with Gasteiger partial charge in [0.25, 0.3) is 0 Å². The second kappa shape index (κ2) is 9.15. The molecule has 0 unspecified atom stereocenters. The molecular weight excluding hydrogens is 440 g/mol.